The monoisotopic (exact) mass is 194 g/mol. The summed E-state index contributed by atoms with van der Waals surface area (Å²) in [5, 5.41) is 0. The quantitative estimate of drug-likeness (QED) is 0.698. The molecule has 0 saturated carbocycles. The molecular weight excluding hydrogens is 176 g/mol. The van der Waals surface area contributed by atoms with Gasteiger partial charge in [0.05, 0.1) is 0 Å². The number of nitrogens with zero attached hydrogens (tertiary/aromatic N) is 2. The van der Waals surface area contributed by atoms with Gasteiger partial charge in [0, 0.05) is 43.8 Å². The molecule has 0 aliphatic carbocycles. The molecule has 14 heavy (non-hydrogen) atoms. The second-order valence-corrected chi connectivity index (χ2v) is 3.22. The third-order valence-corrected chi connectivity index (χ3v) is 2.04. The van der Waals surface area contributed by atoms with Crippen LogP contribution in [0.1, 0.15) is 5.69 Å². The predicted molar refractivity (Wildman–Crippen MR) is 59.3 cm³/mol. The van der Waals surface area contributed by atoms with Crippen LogP contribution in [-0.2, 0) is 0 Å². The number of anilines is 1. The second kappa shape index (κ2) is 5.57. The SMILES string of the molecule is Cc1cc(N(CCN)CCN)ccn1. The van der Waals surface area contributed by atoms with E-state index < -0.39 is 0 Å². The van der Waals surface area contributed by atoms with Gasteiger partial charge in [0.2, 0.25) is 0 Å². The van der Waals surface area contributed by atoms with Gasteiger partial charge in [-0.25, -0.2) is 0 Å². The molecule has 0 fully saturated rings. The molecule has 0 amide bonds. The lowest BCUT2D eigenvalue weighted by Crippen LogP contribution is -2.33. The average molecular weight is 194 g/mol. The van der Waals surface area contributed by atoms with Crippen molar-refractivity contribution in [2.75, 3.05) is 31.1 Å². The molecule has 78 valence electrons. The summed E-state index contributed by atoms with van der Waals surface area (Å²) in [7, 11) is 0. The van der Waals surface area contributed by atoms with Gasteiger partial charge in [0.1, 0.15) is 0 Å². The Kier molecular flexibility index (Phi) is 4.35. The standard InChI is InChI=1S/C10H18N4/c1-9-8-10(2-5-13-9)14(6-3-11)7-4-12/h2,5,8H,3-4,6-7,11-12H2,1H3. The highest BCUT2D eigenvalue weighted by atomic mass is 15.1. The molecule has 0 saturated heterocycles. The van der Waals surface area contributed by atoms with Crippen molar-refractivity contribution in [3.05, 3.63) is 24.0 Å². The number of nitrogens with two attached hydrogens (primary N) is 2. The lowest BCUT2D eigenvalue weighted by atomic mass is 10.3. The summed E-state index contributed by atoms with van der Waals surface area (Å²) in [6, 6.07) is 4.03. The maximum absolute atomic E-state index is 5.54. The predicted octanol–water partition coefficient (Wildman–Crippen LogP) is 0.114. The zero-order valence-corrected chi connectivity index (χ0v) is 8.61. The van der Waals surface area contributed by atoms with E-state index in [-0.39, 0.29) is 0 Å². The smallest absolute Gasteiger partial charge is 0.0400 e. The first-order valence-corrected chi connectivity index (χ1v) is 4.85. The van der Waals surface area contributed by atoms with Crippen LogP contribution in [0, 0.1) is 6.92 Å². The maximum Gasteiger partial charge on any atom is 0.0400 e. The normalized spacial score (nSPS) is 10.2. The summed E-state index contributed by atoms with van der Waals surface area (Å²) >= 11 is 0. The molecule has 4 nitrogen and oxygen atoms in total. The van der Waals surface area contributed by atoms with Crippen LogP contribution in [0.4, 0.5) is 5.69 Å². The topological polar surface area (TPSA) is 68.2 Å². The molecule has 1 aromatic rings. The van der Waals surface area contributed by atoms with E-state index >= 15 is 0 Å². The van der Waals surface area contributed by atoms with E-state index in [1.54, 1.807) is 0 Å². The van der Waals surface area contributed by atoms with Crippen LogP contribution in [-0.4, -0.2) is 31.2 Å². The van der Waals surface area contributed by atoms with Crippen molar-refractivity contribution in [3.63, 3.8) is 0 Å². The summed E-state index contributed by atoms with van der Waals surface area (Å²) < 4.78 is 0. The van der Waals surface area contributed by atoms with Crippen LogP contribution in [0.2, 0.25) is 0 Å². The van der Waals surface area contributed by atoms with Crippen LogP contribution in [0.25, 0.3) is 0 Å². The first-order chi connectivity index (χ1) is 6.77. The molecule has 1 heterocycles. The fourth-order valence-electron chi connectivity index (χ4n) is 1.41. The third kappa shape index (κ3) is 2.97. The summed E-state index contributed by atoms with van der Waals surface area (Å²) in [5.74, 6) is 0. The third-order valence-electron chi connectivity index (χ3n) is 2.04. The second-order valence-electron chi connectivity index (χ2n) is 3.22. The molecule has 0 unspecified atom stereocenters. The van der Waals surface area contributed by atoms with Crippen LogP contribution in [0.15, 0.2) is 18.3 Å². The number of aromatic nitrogens is 1. The van der Waals surface area contributed by atoms with Gasteiger partial charge in [-0.05, 0) is 19.1 Å². The van der Waals surface area contributed by atoms with Gasteiger partial charge in [-0.2, -0.15) is 0 Å². The van der Waals surface area contributed by atoms with E-state index in [2.05, 4.69) is 9.88 Å². The molecule has 0 aromatic carbocycles. The Morgan fingerprint density at radius 3 is 2.43 bits per heavy atom. The molecule has 0 spiro atoms. The molecule has 0 aliphatic rings. The Bertz CT molecular complexity index is 269. The van der Waals surface area contributed by atoms with E-state index in [9.17, 15) is 0 Å². The number of hydrogen-bond donors (Lipinski definition) is 2. The molecule has 1 rings (SSSR count). The van der Waals surface area contributed by atoms with Crippen molar-refractivity contribution < 1.29 is 0 Å². The van der Waals surface area contributed by atoms with Gasteiger partial charge in [0.25, 0.3) is 0 Å². The zero-order valence-electron chi connectivity index (χ0n) is 8.61. The van der Waals surface area contributed by atoms with Crippen LogP contribution in [0.5, 0.6) is 0 Å². The van der Waals surface area contributed by atoms with Gasteiger partial charge in [0.15, 0.2) is 0 Å². The molecule has 4 heteroatoms. The van der Waals surface area contributed by atoms with E-state index in [4.69, 9.17) is 11.5 Å². The van der Waals surface area contributed by atoms with Crippen molar-refractivity contribution >= 4 is 5.69 Å². The number of rotatable bonds is 5. The highest BCUT2D eigenvalue weighted by molar-refractivity contribution is 5.46. The van der Waals surface area contributed by atoms with Crippen LogP contribution in [0.3, 0.4) is 0 Å². The number of aryl methyl sites for hydroxylation is 1. The number of pyridine rings is 1. The maximum atomic E-state index is 5.54. The molecule has 0 atom stereocenters. The van der Waals surface area contributed by atoms with Gasteiger partial charge in [-0.3, -0.25) is 4.98 Å². The van der Waals surface area contributed by atoms with E-state index in [1.807, 2.05) is 25.3 Å². The molecule has 4 N–H and O–H groups in total. The number of hydrogen-bond acceptors (Lipinski definition) is 4. The largest absolute Gasteiger partial charge is 0.369 e. The fourth-order valence-corrected chi connectivity index (χ4v) is 1.41. The van der Waals surface area contributed by atoms with Crippen molar-refractivity contribution in [2.24, 2.45) is 11.5 Å². The lowest BCUT2D eigenvalue weighted by molar-refractivity contribution is 0.781. The van der Waals surface area contributed by atoms with Gasteiger partial charge in [-0.15, -0.1) is 0 Å². The molecule has 0 aliphatic heterocycles. The highest BCUT2D eigenvalue weighted by Crippen LogP contribution is 2.12. The van der Waals surface area contributed by atoms with Crippen molar-refractivity contribution in [1.29, 1.82) is 0 Å². The Balaban J connectivity index is 2.75. The first-order valence-electron chi connectivity index (χ1n) is 4.85. The minimum atomic E-state index is 0.640. The van der Waals surface area contributed by atoms with Crippen LogP contribution >= 0.6 is 0 Å². The fraction of sp³-hybridized carbons (Fsp3) is 0.500. The van der Waals surface area contributed by atoms with Crippen molar-refractivity contribution in [1.82, 2.24) is 4.98 Å². The average Bonchev–Trinajstić information content (AvgIpc) is 2.17. The van der Waals surface area contributed by atoms with Crippen molar-refractivity contribution in [3.8, 4) is 0 Å². The van der Waals surface area contributed by atoms with Gasteiger partial charge < -0.3 is 16.4 Å². The minimum absolute atomic E-state index is 0.640. The summed E-state index contributed by atoms with van der Waals surface area (Å²) in [6.07, 6.45) is 1.81. The van der Waals surface area contributed by atoms with Gasteiger partial charge in [-0.1, -0.05) is 0 Å². The Labute approximate surface area is 84.9 Å². The Morgan fingerprint density at radius 2 is 1.93 bits per heavy atom. The summed E-state index contributed by atoms with van der Waals surface area (Å²) in [6.45, 7) is 4.93. The molecular formula is C10H18N4. The Hall–Kier alpha value is -1.13. The molecule has 0 radical (unpaired) electrons. The van der Waals surface area contributed by atoms with E-state index in [1.165, 1.54) is 0 Å². The summed E-state index contributed by atoms with van der Waals surface area (Å²) in [5.41, 5.74) is 13.2. The first kappa shape index (κ1) is 10.9. The van der Waals surface area contributed by atoms with Gasteiger partial charge >= 0.3 is 0 Å². The lowest BCUT2D eigenvalue weighted by Gasteiger charge is -2.23. The van der Waals surface area contributed by atoms with E-state index in [0.717, 1.165) is 24.5 Å². The molecule has 0 bridgehead atoms. The van der Waals surface area contributed by atoms with Crippen molar-refractivity contribution in [2.45, 2.75) is 6.92 Å². The minimum Gasteiger partial charge on any atom is -0.369 e. The molecule has 1 aromatic heterocycles. The summed E-state index contributed by atoms with van der Waals surface area (Å²) in [4.78, 5) is 6.33. The van der Waals surface area contributed by atoms with Crippen LogP contribution < -0.4 is 16.4 Å². The Morgan fingerprint density at radius 1 is 1.29 bits per heavy atom. The van der Waals surface area contributed by atoms with E-state index in [0.29, 0.717) is 13.1 Å². The highest BCUT2D eigenvalue weighted by Gasteiger charge is 2.04. The zero-order chi connectivity index (χ0) is 10.4.